The molecule has 1 unspecified atom stereocenters. The highest BCUT2D eigenvalue weighted by Crippen LogP contribution is 2.42. The summed E-state index contributed by atoms with van der Waals surface area (Å²) in [6.45, 7) is 2.28. The van der Waals surface area contributed by atoms with E-state index in [9.17, 15) is 17.4 Å². The molecule has 1 aliphatic rings. The zero-order valence-corrected chi connectivity index (χ0v) is 25.0. The summed E-state index contributed by atoms with van der Waals surface area (Å²) < 4.78 is 82.9. The molecule has 0 saturated carbocycles. The lowest BCUT2D eigenvalue weighted by Crippen LogP contribution is -2.11. The summed E-state index contributed by atoms with van der Waals surface area (Å²) >= 11 is 0. The van der Waals surface area contributed by atoms with E-state index in [2.05, 4.69) is 4.99 Å². The lowest BCUT2D eigenvalue weighted by Gasteiger charge is -2.17. The number of hydrogen-bond donors (Lipinski definition) is 0. The molecule has 0 N–H and O–H groups in total. The van der Waals surface area contributed by atoms with Crippen molar-refractivity contribution in [3.05, 3.63) is 113 Å². The van der Waals surface area contributed by atoms with E-state index in [0.717, 1.165) is 23.3 Å². The highest BCUT2D eigenvalue weighted by atomic mass is 32.2. The number of benzene rings is 4. The van der Waals surface area contributed by atoms with Crippen molar-refractivity contribution in [2.75, 3.05) is 27.6 Å². The molecular weight excluding hydrogens is 595 g/mol. The first-order valence-electron chi connectivity index (χ1n) is 13.6. The van der Waals surface area contributed by atoms with Crippen molar-refractivity contribution in [3.63, 3.8) is 0 Å². The summed E-state index contributed by atoms with van der Waals surface area (Å²) in [5.41, 5.74) is 1.90. The summed E-state index contributed by atoms with van der Waals surface area (Å²) in [6, 6.07) is 22.4. The largest absolute Gasteiger partial charge is 0.493 e. The van der Waals surface area contributed by atoms with Gasteiger partial charge in [0.05, 0.1) is 47.6 Å². The first-order valence-corrected chi connectivity index (χ1v) is 14.7. The molecule has 230 valence electrons. The van der Waals surface area contributed by atoms with Crippen LogP contribution in [0.2, 0.25) is 0 Å². The third kappa shape index (κ3) is 7.06. The second kappa shape index (κ2) is 13.5. The Labute approximate surface area is 255 Å². The van der Waals surface area contributed by atoms with Gasteiger partial charge in [-0.3, -0.25) is 0 Å². The number of halogens is 3. The van der Waals surface area contributed by atoms with Gasteiger partial charge in [0.2, 0.25) is 11.6 Å². The van der Waals surface area contributed by atoms with Crippen LogP contribution in [-0.2, 0) is 33.1 Å². The highest BCUT2D eigenvalue weighted by Gasteiger charge is 2.34. The smallest absolute Gasteiger partial charge is 0.416 e. The Balaban J connectivity index is 1.41. The second-order valence-electron chi connectivity index (χ2n) is 9.90. The number of hydrogen-bond acceptors (Lipinski definition) is 7. The summed E-state index contributed by atoms with van der Waals surface area (Å²) in [6.07, 6.45) is -4.62. The molecular formula is C33H30F3NO6S. The molecule has 44 heavy (non-hydrogen) atoms. The number of alkyl halides is 3. The summed E-state index contributed by atoms with van der Waals surface area (Å²) in [5, 5.41) is 0. The zero-order valence-electron chi connectivity index (χ0n) is 24.2. The molecule has 0 fully saturated rings. The lowest BCUT2D eigenvalue weighted by molar-refractivity contribution is -0.137. The van der Waals surface area contributed by atoms with E-state index in [1.165, 1.54) is 20.3 Å². The third-order valence-corrected chi connectivity index (χ3v) is 8.33. The fourth-order valence-electron chi connectivity index (χ4n) is 4.58. The van der Waals surface area contributed by atoms with E-state index in [1.807, 2.05) is 37.3 Å². The Morgan fingerprint density at radius 1 is 0.932 bits per heavy atom. The van der Waals surface area contributed by atoms with E-state index in [1.54, 1.807) is 36.4 Å². The van der Waals surface area contributed by atoms with Crippen molar-refractivity contribution in [2.24, 2.45) is 4.99 Å². The van der Waals surface area contributed by atoms with Crippen LogP contribution in [0.1, 0.15) is 33.9 Å². The van der Waals surface area contributed by atoms with Gasteiger partial charge >= 0.3 is 6.18 Å². The average molecular weight is 626 g/mol. The van der Waals surface area contributed by atoms with Gasteiger partial charge in [0, 0.05) is 4.90 Å². The van der Waals surface area contributed by atoms with Gasteiger partial charge in [-0.1, -0.05) is 48.0 Å². The highest BCUT2D eigenvalue weighted by molar-refractivity contribution is 7.85. The summed E-state index contributed by atoms with van der Waals surface area (Å²) in [4.78, 5) is 4.98. The topological polar surface area (TPSA) is 75.6 Å². The molecule has 5 rings (SSSR count). The molecule has 0 bridgehead atoms. The zero-order chi connectivity index (χ0) is 31.3. The molecule has 4 aromatic rings. The molecule has 0 aliphatic carbocycles. The van der Waals surface area contributed by atoms with Crippen molar-refractivity contribution < 1.29 is 41.1 Å². The van der Waals surface area contributed by atoms with Crippen molar-refractivity contribution in [3.8, 4) is 17.2 Å². The first kappa shape index (κ1) is 31.1. The number of ether oxygens (including phenoxy) is 5. The number of methoxy groups -OCH3 is 2. The van der Waals surface area contributed by atoms with E-state index < -0.39 is 28.6 Å². The predicted molar refractivity (Wildman–Crippen MR) is 159 cm³/mol. The molecule has 0 amide bonds. The number of nitrogens with zero attached hydrogens (tertiary/aromatic N) is 1. The van der Waals surface area contributed by atoms with Crippen LogP contribution >= 0.6 is 0 Å². The maximum Gasteiger partial charge on any atom is 0.416 e. The molecule has 7 nitrogen and oxygen atoms in total. The minimum atomic E-state index is -4.62. The first-order chi connectivity index (χ1) is 21.2. The Bertz CT molecular complexity index is 1630. The van der Waals surface area contributed by atoms with Gasteiger partial charge in [0.15, 0.2) is 18.3 Å². The Morgan fingerprint density at radius 2 is 1.61 bits per heavy atom. The molecule has 1 aliphatic heterocycles. The predicted octanol–water partition coefficient (Wildman–Crippen LogP) is 7.27. The molecule has 0 saturated heterocycles. The average Bonchev–Trinajstić information content (AvgIpc) is 3.53. The summed E-state index contributed by atoms with van der Waals surface area (Å²) in [7, 11) is 1.06. The van der Waals surface area contributed by atoms with E-state index in [4.69, 9.17) is 23.7 Å². The molecule has 11 heteroatoms. The second-order valence-corrected chi connectivity index (χ2v) is 11.4. The van der Waals surface area contributed by atoms with Crippen molar-refractivity contribution >= 4 is 16.7 Å². The molecule has 0 radical (unpaired) electrons. The number of rotatable bonds is 11. The Hall–Kier alpha value is -4.35. The van der Waals surface area contributed by atoms with Crippen LogP contribution in [0.5, 0.6) is 17.2 Å². The maximum absolute atomic E-state index is 13.6. The molecule has 1 heterocycles. The van der Waals surface area contributed by atoms with Gasteiger partial charge in [-0.2, -0.15) is 13.2 Å². The molecule has 4 aromatic carbocycles. The SMILES string of the molecule is COc1cc([C@H]2COC(c3ccc(C(F)(F)F)cc3S(=O)c3ccc(C)cc3)=N2)cc(OC)c1OCOCc1ccccc1. The molecule has 0 spiro atoms. The van der Waals surface area contributed by atoms with E-state index >= 15 is 0 Å². The normalized spacial score (nSPS) is 15.3. The van der Waals surface area contributed by atoms with Crippen molar-refractivity contribution in [1.82, 2.24) is 0 Å². The van der Waals surface area contributed by atoms with Crippen LogP contribution in [0.15, 0.2) is 99.7 Å². The minimum absolute atomic E-state index is 0.0440. The Morgan fingerprint density at radius 3 is 2.25 bits per heavy atom. The maximum atomic E-state index is 13.6. The van der Waals surface area contributed by atoms with Crippen LogP contribution in [0.4, 0.5) is 13.2 Å². The lowest BCUT2D eigenvalue weighted by atomic mass is 10.1. The van der Waals surface area contributed by atoms with E-state index in [0.29, 0.717) is 34.3 Å². The van der Waals surface area contributed by atoms with Crippen LogP contribution < -0.4 is 14.2 Å². The Kier molecular flexibility index (Phi) is 9.55. The minimum Gasteiger partial charge on any atom is -0.493 e. The number of aliphatic imine (C=N–C) groups is 1. The quantitative estimate of drug-likeness (QED) is 0.129. The molecule has 2 atom stereocenters. The monoisotopic (exact) mass is 625 g/mol. The fraction of sp³-hybridized carbons (Fsp3) is 0.242. The van der Waals surface area contributed by atoms with Gasteiger partial charge < -0.3 is 23.7 Å². The van der Waals surface area contributed by atoms with Crippen LogP contribution in [0, 0.1) is 6.92 Å². The van der Waals surface area contributed by atoms with Crippen LogP contribution in [0.25, 0.3) is 0 Å². The number of aryl methyl sites for hydroxylation is 1. The van der Waals surface area contributed by atoms with E-state index in [-0.39, 0.29) is 29.8 Å². The third-order valence-electron chi connectivity index (χ3n) is 6.89. The van der Waals surface area contributed by atoms with Crippen LogP contribution in [0.3, 0.4) is 0 Å². The standard InChI is InChI=1S/C33H30F3NO6S/c1-21-9-12-25(13-10-21)44(38)30-17-24(33(34,35)36)11-14-26(30)32-37-27(19-42-32)23-15-28(39-2)31(29(16-23)40-3)43-20-41-18-22-7-5-4-6-8-22/h4-17,27H,18-20H2,1-3H3/t27-,44?/m1/s1. The van der Waals surface area contributed by atoms with Gasteiger partial charge in [-0.05, 0) is 60.5 Å². The molecule has 0 aromatic heterocycles. The fourth-order valence-corrected chi connectivity index (χ4v) is 5.81. The summed E-state index contributed by atoms with van der Waals surface area (Å²) in [5.74, 6) is 1.18. The van der Waals surface area contributed by atoms with Gasteiger partial charge in [-0.15, -0.1) is 0 Å². The van der Waals surface area contributed by atoms with Crippen LogP contribution in [-0.4, -0.2) is 37.7 Å². The van der Waals surface area contributed by atoms with Gasteiger partial charge in [-0.25, -0.2) is 9.20 Å². The van der Waals surface area contributed by atoms with Gasteiger partial charge in [0.25, 0.3) is 0 Å². The van der Waals surface area contributed by atoms with Gasteiger partial charge in [0.1, 0.15) is 12.6 Å². The van der Waals surface area contributed by atoms with Crippen molar-refractivity contribution in [2.45, 2.75) is 35.5 Å². The van der Waals surface area contributed by atoms with Crippen molar-refractivity contribution in [1.29, 1.82) is 0 Å².